The fraction of sp³-hybridized carbons (Fsp3) is 0.385. The summed E-state index contributed by atoms with van der Waals surface area (Å²) in [6.45, 7) is 2.71. The van der Waals surface area contributed by atoms with Gasteiger partial charge in [-0.1, -0.05) is 0 Å². The van der Waals surface area contributed by atoms with Crippen LogP contribution in [0.25, 0.3) is 6.08 Å². The maximum absolute atomic E-state index is 12.2. The minimum absolute atomic E-state index is 0.0555. The predicted octanol–water partition coefficient (Wildman–Crippen LogP) is 2.47. The Hall–Kier alpha value is -1.62. The van der Waals surface area contributed by atoms with Gasteiger partial charge in [0.15, 0.2) is 0 Å². The number of amides is 1. The second kappa shape index (κ2) is 5.35. The van der Waals surface area contributed by atoms with E-state index in [1.54, 1.807) is 12.1 Å². The lowest BCUT2D eigenvalue weighted by atomic mass is 10.3. The van der Waals surface area contributed by atoms with Crippen LogP contribution in [0, 0.1) is 0 Å². The van der Waals surface area contributed by atoms with Crippen molar-refractivity contribution in [2.45, 2.75) is 25.8 Å². The second-order valence-corrected chi connectivity index (χ2v) is 5.31. The molecule has 2 rings (SSSR count). The van der Waals surface area contributed by atoms with Crippen molar-refractivity contribution in [3.63, 3.8) is 0 Å². The third-order valence-corrected chi connectivity index (χ3v) is 3.86. The van der Waals surface area contributed by atoms with Crippen molar-refractivity contribution in [3.8, 4) is 0 Å². The first-order valence-electron chi connectivity index (χ1n) is 5.93. The van der Waals surface area contributed by atoms with Gasteiger partial charge in [-0.3, -0.25) is 4.79 Å². The molecule has 0 radical (unpaired) electrons. The van der Waals surface area contributed by atoms with Gasteiger partial charge in [0.2, 0.25) is 0 Å². The first-order valence-corrected chi connectivity index (χ1v) is 6.75. The van der Waals surface area contributed by atoms with Crippen LogP contribution in [0.3, 0.4) is 0 Å². The zero-order valence-electron chi connectivity index (χ0n) is 10.1. The van der Waals surface area contributed by atoms with Crippen LogP contribution in [-0.2, 0) is 4.79 Å². The highest BCUT2D eigenvalue weighted by Crippen LogP contribution is 2.29. The van der Waals surface area contributed by atoms with E-state index in [9.17, 15) is 9.59 Å². The van der Waals surface area contributed by atoms with Crippen LogP contribution < -0.4 is 0 Å². The molecule has 96 valence electrons. The standard InChI is InChI=1S/C13H15NO3S/c1-2-14(9-3-4-9)13(17)11-7-5-10(18-11)6-8-12(15)16/h5-9H,2-4H2,1H3,(H,15,16). The normalized spacial score (nSPS) is 14.9. The summed E-state index contributed by atoms with van der Waals surface area (Å²) in [5, 5.41) is 8.54. The second-order valence-electron chi connectivity index (χ2n) is 4.20. The van der Waals surface area contributed by atoms with Crippen LogP contribution >= 0.6 is 11.3 Å². The Morgan fingerprint density at radius 2 is 2.22 bits per heavy atom. The lowest BCUT2D eigenvalue weighted by Crippen LogP contribution is -2.32. The molecule has 0 aliphatic heterocycles. The minimum Gasteiger partial charge on any atom is -0.478 e. The number of carboxylic acids is 1. The van der Waals surface area contributed by atoms with Crippen molar-refractivity contribution in [1.82, 2.24) is 4.90 Å². The Morgan fingerprint density at radius 3 is 2.78 bits per heavy atom. The van der Waals surface area contributed by atoms with Gasteiger partial charge in [0.1, 0.15) is 0 Å². The van der Waals surface area contributed by atoms with Crippen LogP contribution in [0.1, 0.15) is 34.3 Å². The number of hydrogen-bond donors (Lipinski definition) is 1. The summed E-state index contributed by atoms with van der Waals surface area (Å²) >= 11 is 1.33. The van der Waals surface area contributed by atoms with Crippen LogP contribution in [-0.4, -0.2) is 34.5 Å². The van der Waals surface area contributed by atoms with E-state index < -0.39 is 5.97 Å². The number of thiophene rings is 1. The number of carboxylic acid groups (broad SMARTS) is 1. The first kappa shape index (κ1) is 12.8. The fourth-order valence-corrected chi connectivity index (χ4v) is 2.67. The number of hydrogen-bond acceptors (Lipinski definition) is 3. The molecule has 0 atom stereocenters. The van der Waals surface area contributed by atoms with Gasteiger partial charge in [-0.25, -0.2) is 4.79 Å². The molecule has 1 amide bonds. The molecule has 0 spiro atoms. The third kappa shape index (κ3) is 2.98. The molecule has 0 saturated heterocycles. The quantitative estimate of drug-likeness (QED) is 0.832. The van der Waals surface area contributed by atoms with Crippen molar-refractivity contribution in [3.05, 3.63) is 28.0 Å². The van der Waals surface area contributed by atoms with E-state index in [0.717, 1.165) is 30.3 Å². The molecule has 1 aliphatic rings. The van der Waals surface area contributed by atoms with Gasteiger partial charge >= 0.3 is 5.97 Å². The zero-order chi connectivity index (χ0) is 13.1. The maximum Gasteiger partial charge on any atom is 0.328 e. The average molecular weight is 265 g/mol. The van der Waals surface area contributed by atoms with Crippen LogP contribution in [0.15, 0.2) is 18.2 Å². The van der Waals surface area contributed by atoms with Crippen molar-refractivity contribution >= 4 is 29.3 Å². The summed E-state index contributed by atoms with van der Waals surface area (Å²) < 4.78 is 0. The molecule has 0 bridgehead atoms. The maximum atomic E-state index is 12.2. The Bertz CT molecular complexity index is 488. The van der Waals surface area contributed by atoms with Gasteiger partial charge < -0.3 is 10.0 Å². The van der Waals surface area contributed by atoms with Crippen molar-refractivity contribution in [1.29, 1.82) is 0 Å². The summed E-state index contributed by atoms with van der Waals surface area (Å²) in [5.74, 6) is -0.926. The highest BCUT2D eigenvalue weighted by atomic mass is 32.1. The minimum atomic E-state index is -0.982. The van der Waals surface area contributed by atoms with Crippen molar-refractivity contribution < 1.29 is 14.7 Å². The van der Waals surface area contributed by atoms with E-state index in [2.05, 4.69) is 0 Å². The summed E-state index contributed by atoms with van der Waals surface area (Å²) in [5.41, 5.74) is 0. The topological polar surface area (TPSA) is 57.6 Å². The summed E-state index contributed by atoms with van der Waals surface area (Å²) in [4.78, 5) is 26.0. The SMILES string of the molecule is CCN(C(=O)c1ccc(C=CC(=O)O)s1)C1CC1. The van der Waals surface area contributed by atoms with Gasteiger partial charge in [-0.2, -0.15) is 0 Å². The molecular formula is C13H15NO3S. The predicted molar refractivity (Wildman–Crippen MR) is 70.7 cm³/mol. The van der Waals surface area contributed by atoms with Gasteiger partial charge in [-0.15, -0.1) is 11.3 Å². The van der Waals surface area contributed by atoms with E-state index in [4.69, 9.17) is 5.11 Å². The summed E-state index contributed by atoms with van der Waals surface area (Å²) in [7, 11) is 0. The van der Waals surface area contributed by atoms with E-state index in [1.807, 2.05) is 11.8 Å². The van der Waals surface area contributed by atoms with E-state index in [0.29, 0.717) is 10.9 Å². The smallest absolute Gasteiger partial charge is 0.328 e. The number of rotatable bonds is 5. The van der Waals surface area contributed by atoms with Gasteiger partial charge in [0.25, 0.3) is 5.91 Å². The van der Waals surface area contributed by atoms with E-state index >= 15 is 0 Å². The van der Waals surface area contributed by atoms with Crippen molar-refractivity contribution in [2.24, 2.45) is 0 Å². The molecule has 1 heterocycles. The largest absolute Gasteiger partial charge is 0.478 e. The Labute approximate surface area is 110 Å². The summed E-state index contributed by atoms with van der Waals surface area (Å²) in [6.07, 6.45) is 4.78. The number of carbonyl (C=O) groups excluding carboxylic acids is 1. The highest BCUT2D eigenvalue weighted by molar-refractivity contribution is 7.14. The molecule has 18 heavy (non-hydrogen) atoms. The van der Waals surface area contributed by atoms with Crippen LogP contribution in [0.4, 0.5) is 0 Å². The van der Waals surface area contributed by atoms with Gasteiger partial charge in [0, 0.05) is 23.5 Å². The fourth-order valence-electron chi connectivity index (χ4n) is 1.81. The molecule has 4 nitrogen and oxygen atoms in total. The molecule has 1 aromatic heterocycles. The number of aliphatic carboxylic acids is 1. The molecule has 1 aromatic rings. The van der Waals surface area contributed by atoms with Gasteiger partial charge in [0.05, 0.1) is 4.88 Å². The third-order valence-electron chi connectivity index (χ3n) is 2.82. The number of nitrogens with zero attached hydrogens (tertiary/aromatic N) is 1. The number of carbonyl (C=O) groups is 2. The van der Waals surface area contributed by atoms with E-state index in [-0.39, 0.29) is 5.91 Å². The Kier molecular flexibility index (Phi) is 3.81. The summed E-state index contributed by atoms with van der Waals surface area (Å²) in [6, 6.07) is 3.94. The molecule has 1 aliphatic carbocycles. The van der Waals surface area contributed by atoms with Crippen LogP contribution in [0.5, 0.6) is 0 Å². The lowest BCUT2D eigenvalue weighted by molar-refractivity contribution is -0.131. The van der Waals surface area contributed by atoms with Crippen molar-refractivity contribution in [2.75, 3.05) is 6.54 Å². The average Bonchev–Trinajstić information content (AvgIpc) is 3.05. The monoisotopic (exact) mass is 265 g/mol. The Morgan fingerprint density at radius 1 is 1.50 bits per heavy atom. The molecule has 1 fully saturated rings. The molecule has 1 N–H and O–H groups in total. The molecule has 0 aromatic carbocycles. The molecule has 5 heteroatoms. The molecule has 0 unspecified atom stereocenters. The Balaban J connectivity index is 2.09. The van der Waals surface area contributed by atoms with Crippen LogP contribution in [0.2, 0.25) is 0 Å². The zero-order valence-corrected chi connectivity index (χ0v) is 10.9. The first-order chi connectivity index (χ1) is 8.61. The van der Waals surface area contributed by atoms with E-state index in [1.165, 1.54) is 17.4 Å². The molecular weight excluding hydrogens is 250 g/mol. The highest BCUT2D eigenvalue weighted by Gasteiger charge is 2.32. The van der Waals surface area contributed by atoms with Gasteiger partial charge in [-0.05, 0) is 38.0 Å². The molecule has 1 saturated carbocycles. The lowest BCUT2D eigenvalue weighted by Gasteiger charge is -2.19.